The fraction of sp³-hybridized carbons (Fsp3) is 0. The van der Waals surface area contributed by atoms with Crippen LogP contribution < -0.4 is 5.09 Å². The molecule has 4 heteroatoms. The summed E-state index contributed by atoms with van der Waals surface area (Å²) in [4.78, 5) is 7.70. The highest BCUT2D eigenvalue weighted by atomic mass is 31.1. The van der Waals surface area contributed by atoms with Crippen LogP contribution in [0.15, 0.2) is 0 Å². The van der Waals surface area contributed by atoms with Crippen molar-refractivity contribution >= 4 is 8.96 Å². The lowest BCUT2D eigenvalue weighted by molar-refractivity contribution is 0.640. The van der Waals surface area contributed by atoms with Gasteiger partial charge >= 0.3 is 0 Å². The third kappa shape index (κ3) is 3.68. The summed E-state index contributed by atoms with van der Waals surface area (Å²) < 4.78 is 0. The molecule has 0 aliphatic carbocycles. The van der Waals surface area contributed by atoms with Gasteiger partial charge in [0.2, 0.25) is 8.96 Å². The van der Waals surface area contributed by atoms with Crippen molar-refractivity contribution in [3.05, 3.63) is 0 Å². The van der Waals surface area contributed by atoms with Gasteiger partial charge in [-0.1, -0.05) is 0 Å². The third-order valence-corrected chi connectivity index (χ3v) is 0.300. The van der Waals surface area contributed by atoms with E-state index in [-0.39, 0.29) is 8.96 Å². The molecule has 0 aromatic rings. The molecule has 0 aliphatic heterocycles. The van der Waals surface area contributed by atoms with E-state index in [4.69, 9.17) is 10.2 Å². The quantitative estimate of drug-likeness (QED) is 0.266. The highest BCUT2D eigenvalue weighted by Crippen LogP contribution is 1.84. The van der Waals surface area contributed by atoms with Gasteiger partial charge in [-0.05, 0) is 0 Å². The molecule has 0 saturated heterocycles. The Morgan fingerprint density at radius 2 is 2.60 bits per heavy atom. The summed E-state index contributed by atoms with van der Waals surface area (Å²) in [5.41, 5.74) is 0. The van der Waals surface area contributed by atoms with E-state index >= 15 is 0 Å². The maximum atomic E-state index is 7.70. The minimum atomic E-state index is -0.0814. The fourth-order valence-corrected chi connectivity index (χ4v) is 0.0671. The van der Waals surface area contributed by atoms with Gasteiger partial charge in [0, 0.05) is 0 Å². The zero-order valence-electron chi connectivity index (χ0n) is 2.34. The van der Waals surface area contributed by atoms with E-state index in [0.29, 0.717) is 0 Å². The van der Waals surface area contributed by atoms with Crippen LogP contribution in [0.1, 0.15) is 0 Å². The molecule has 0 aromatic heterocycles. The molecular weight excluding hydrogens is 87.0 g/mol. The molecular formula is CH2N2OP. The predicted octanol–water partition coefficient (Wildman–Crippen LogP) is -0.174. The third-order valence-electron chi connectivity index (χ3n) is 0.100. The Hall–Kier alpha value is -0.320. The highest BCUT2D eigenvalue weighted by molar-refractivity contribution is 7.28. The van der Waals surface area contributed by atoms with Gasteiger partial charge in [-0.3, -0.25) is 5.09 Å². The van der Waals surface area contributed by atoms with Crippen molar-refractivity contribution in [1.82, 2.24) is 5.09 Å². The molecule has 0 unspecified atom stereocenters. The van der Waals surface area contributed by atoms with E-state index in [1.165, 1.54) is 6.19 Å². The lowest BCUT2D eigenvalue weighted by atomic mass is 11.5. The van der Waals surface area contributed by atoms with Crippen LogP contribution in [0.5, 0.6) is 0 Å². The van der Waals surface area contributed by atoms with Crippen LogP contribution in [0.2, 0.25) is 0 Å². The number of nitriles is 1. The lowest BCUT2D eigenvalue weighted by Gasteiger charge is -1.71. The number of rotatable bonds is 1. The Bertz CT molecular complexity index is 48.1. The van der Waals surface area contributed by atoms with Gasteiger partial charge in [-0.25, -0.2) is 0 Å². The van der Waals surface area contributed by atoms with Crippen molar-refractivity contribution in [2.45, 2.75) is 0 Å². The zero-order chi connectivity index (χ0) is 4.12. The van der Waals surface area contributed by atoms with Crippen LogP contribution in [0.3, 0.4) is 0 Å². The molecule has 0 amide bonds. The number of hydrogen-bond acceptors (Lipinski definition) is 3. The molecule has 2 N–H and O–H groups in total. The topological polar surface area (TPSA) is 56.0 Å². The van der Waals surface area contributed by atoms with Crippen LogP contribution in [0.25, 0.3) is 0 Å². The van der Waals surface area contributed by atoms with Gasteiger partial charge in [-0.2, -0.15) is 5.26 Å². The first-order valence-corrected chi connectivity index (χ1v) is 1.74. The predicted molar refractivity (Wildman–Crippen MR) is 17.9 cm³/mol. The van der Waals surface area contributed by atoms with Crippen molar-refractivity contribution < 1.29 is 4.89 Å². The van der Waals surface area contributed by atoms with Crippen molar-refractivity contribution in [3.63, 3.8) is 0 Å². The highest BCUT2D eigenvalue weighted by Gasteiger charge is 1.63. The van der Waals surface area contributed by atoms with Crippen molar-refractivity contribution in [3.8, 4) is 6.19 Å². The maximum absolute atomic E-state index is 7.70. The molecule has 1 radical (unpaired) electrons. The smallest absolute Gasteiger partial charge is 0.214 e. The van der Waals surface area contributed by atoms with Crippen LogP contribution in [-0.4, -0.2) is 4.89 Å². The Labute approximate surface area is 31.5 Å². The molecule has 0 aromatic carbocycles. The van der Waals surface area contributed by atoms with E-state index in [2.05, 4.69) is 0 Å². The second-order valence-electron chi connectivity index (χ2n) is 0.324. The molecule has 0 bridgehead atoms. The second kappa shape index (κ2) is 3.68. The second-order valence-corrected chi connectivity index (χ2v) is 0.747. The molecule has 27 valence electrons. The number of nitrogens with zero attached hydrogens (tertiary/aromatic N) is 1. The Kier molecular flexibility index (Phi) is 3.44. The molecule has 0 fully saturated rings. The molecule has 3 nitrogen and oxygen atoms in total. The normalized spacial score (nSPS) is 8.00. The largest absolute Gasteiger partial charge is 0.348 e. The SMILES string of the molecule is N#CN[P]O. The Balaban J connectivity index is 2.48. The number of nitrogens with one attached hydrogen (secondary N) is 1. The van der Waals surface area contributed by atoms with Crippen LogP contribution in [0, 0.1) is 11.5 Å². The van der Waals surface area contributed by atoms with Crippen LogP contribution >= 0.6 is 8.96 Å². The summed E-state index contributed by atoms with van der Waals surface area (Å²) in [7, 11) is -0.0814. The van der Waals surface area contributed by atoms with Gasteiger partial charge in [0.05, 0.1) is 0 Å². The minimum absolute atomic E-state index is 0.0814. The average molecular weight is 89.0 g/mol. The van der Waals surface area contributed by atoms with E-state index in [9.17, 15) is 0 Å². The van der Waals surface area contributed by atoms with Crippen molar-refractivity contribution in [1.29, 1.82) is 5.26 Å². The first-order chi connectivity index (χ1) is 2.41. The summed E-state index contributed by atoms with van der Waals surface area (Å²) in [5, 5.41) is 9.48. The number of hydrogen-bond donors (Lipinski definition) is 2. The zero-order valence-corrected chi connectivity index (χ0v) is 3.24. The van der Waals surface area contributed by atoms with Crippen molar-refractivity contribution in [2.24, 2.45) is 0 Å². The van der Waals surface area contributed by atoms with Gasteiger partial charge < -0.3 is 4.89 Å². The van der Waals surface area contributed by atoms with Crippen molar-refractivity contribution in [2.75, 3.05) is 0 Å². The Morgan fingerprint density at radius 3 is 2.60 bits per heavy atom. The Morgan fingerprint density at radius 1 is 2.00 bits per heavy atom. The van der Waals surface area contributed by atoms with Gasteiger partial charge in [0.25, 0.3) is 0 Å². The van der Waals surface area contributed by atoms with Crippen LogP contribution in [0.4, 0.5) is 0 Å². The average Bonchev–Trinajstić information content (AvgIpc) is 1.41. The van der Waals surface area contributed by atoms with E-state index in [1.54, 1.807) is 0 Å². The molecule has 0 saturated carbocycles. The summed E-state index contributed by atoms with van der Waals surface area (Å²) >= 11 is 0. The summed E-state index contributed by atoms with van der Waals surface area (Å²) in [6, 6.07) is 0. The van der Waals surface area contributed by atoms with Gasteiger partial charge in [-0.15, -0.1) is 0 Å². The summed E-state index contributed by atoms with van der Waals surface area (Å²) in [6.07, 6.45) is 1.51. The first-order valence-electron chi connectivity index (χ1n) is 0.897. The molecule has 0 rings (SSSR count). The molecule has 0 aliphatic rings. The van der Waals surface area contributed by atoms with Gasteiger partial charge in [0.1, 0.15) is 0 Å². The standard InChI is InChI=1S/CH2N2OP/c2-1-3-5-4/h3-4H. The molecule has 0 spiro atoms. The summed E-state index contributed by atoms with van der Waals surface area (Å²) in [5.74, 6) is 0. The van der Waals surface area contributed by atoms with E-state index in [0.717, 1.165) is 0 Å². The molecule has 0 heterocycles. The van der Waals surface area contributed by atoms with Crippen LogP contribution in [-0.2, 0) is 0 Å². The first kappa shape index (κ1) is 4.68. The van der Waals surface area contributed by atoms with E-state index < -0.39 is 0 Å². The van der Waals surface area contributed by atoms with Gasteiger partial charge in [0.15, 0.2) is 6.19 Å². The summed E-state index contributed by atoms with van der Waals surface area (Å²) in [6.45, 7) is 0. The molecule has 5 heavy (non-hydrogen) atoms. The molecule has 0 atom stereocenters. The minimum Gasteiger partial charge on any atom is -0.348 e. The monoisotopic (exact) mass is 89.0 g/mol. The maximum Gasteiger partial charge on any atom is 0.214 e. The van der Waals surface area contributed by atoms with E-state index in [1.807, 2.05) is 5.09 Å². The lowest BCUT2D eigenvalue weighted by Crippen LogP contribution is -1.82. The fourth-order valence-electron chi connectivity index (χ4n) is 0.0224.